The molecule has 20 heavy (non-hydrogen) atoms. The Morgan fingerprint density at radius 3 is 2.65 bits per heavy atom. The van der Waals surface area contributed by atoms with Crippen LogP contribution in [0.5, 0.6) is 0 Å². The van der Waals surface area contributed by atoms with Crippen LogP contribution in [-0.2, 0) is 4.79 Å². The SMILES string of the molecule is C=CCN1CCN(C(=O)C2CC3CCCCC3N2)CC1. The molecule has 2 heterocycles. The molecular formula is C16H27N3O. The summed E-state index contributed by atoms with van der Waals surface area (Å²) in [5, 5.41) is 3.61. The van der Waals surface area contributed by atoms with E-state index < -0.39 is 0 Å². The summed E-state index contributed by atoms with van der Waals surface area (Å²) >= 11 is 0. The Bertz CT molecular complexity index is 349. The number of hydrogen-bond acceptors (Lipinski definition) is 3. The Labute approximate surface area is 122 Å². The van der Waals surface area contributed by atoms with Crippen molar-refractivity contribution in [2.24, 2.45) is 5.92 Å². The number of rotatable bonds is 3. The lowest BCUT2D eigenvalue weighted by Gasteiger charge is -2.35. The minimum Gasteiger partial charge on any atom is -0.339 e. The van der Waals surface area contributed by atoms with Gasteiger partial charge in [-0.3, -0.25) is 9.69 Å². The minimum absolute atomic E-state index is 0.0917. The predicted molar refractivity (Wildman–Crippen MR) is 80.5 cm³/mol. The molecule has 4 nitrogen and oxygen atoms in total. The van der Waals surface area contributed by atoms with Crippen LogP contribution in [0.25, 0.3) is 0 Å². The maximum absolute atomic E-state index is 12.6. The van der Waals surface area contributed by atoms with Crippen LogP contribution >= 0.6 is 0 Å². The second-order valence-electron chi connectivity index (χ2n) is 6.52. The highest BCUT2D eigenvalue weighted by atomic mass is 16.2. The van der Waals surface area contributed by atoms with E-state index in [9.17, 15) is 4.79 Å². The van der Waals surface area contributed by atoms with Crippen LogP contribution in [0, 0.1) is 5.92 Å². The molecule has 3 rings (SSSR count). The van der Waals surface area contributed by atoms with E-state index in [1.807, 2.05) is 6.08 Å². The number of carbonyl (C=O) groups excluding carboxylic acids is 1. The van der Waals surface area contributed by atoms with Gasteiger partial charge >= 0.3 is 0 Å². The van der Waals surface area contributed by atoms with E-state index in [2.05, 4.69) is 21.7 Å². The van der Waals surface area contributed by atoms with Gasteiger partial charge in [-0.25, -0.2) is 0 Å². The molecular weight excluding hydrogens is 250 g/mol. The van der Waals surface area contributed by atoms with Gasteiger partial charge in [0, 0.05) is 38.8 Å². The summed E-state index contributed by atoms with van der Waals surface area (Å²) in [5.74, 6) is 1.09. The van der Waals surface area contributed by atoms with Gasteiger partial charge in [0.1, 0.15) is 0 Å². The van der Waals surface area contributed by atoms with Crippen LogP contribution in [0.4, 0.5) is 0 Å². The first-order valence-electron chi connectivity index (χ1n) is 8.16. The average Bonchev–Trinajstić information content (AvgIpc) is 2.91. The van der Waals surface area contributed by atoms with Gasteiger partial charge in [-0.15, -0.1) is 6.58 Å². The van der Waals surface area contributed by atoms with E-state index in [4.69, 9.17) is 0 Å². The van der Waals surface area contributed by atoms with Gasteiger partial charge in [0.2, 0.25) is 5.91 Å². The summed E-state index contributed by atoms with van der Waals surface area (Å²) in [4.78, 5) is 17.1. The molecule has 2 aliphatic heterocycles. The smallest absolute Gasteiger partial charge is 0.239 e. The Morgan fingerprint density at radius 1 is 1.20 bits per heavy atom. The Morgan fingerprint density at radius 2 is 1.95 bits per heavy atom. The molecule has 0 bridgehead atoms. The molecule has 0 aromatic rings. The molecule has 1 saturated carbocycles. The number of nitrogens with one attached hydrogen (secondary N) is 1. The summed E-state index contributed by atoms with van der Waals surface area (Å²) in [7, 11) is 0. The third-order valence-corrected chi connectivity index (χ3v) is 5.23. The molecule has 4 heteroatoms. The van der Waals surface area contributed by atoms with Crippen LogP contribution < -0.4 is 5.32 Å². The van der Waals surface area contributed by atoms with E-state index in [-0.39, 0.29) is 6.04 Å². The summed E-state index contributed by atoms with van der Waals surface area (Å²) in [6.45, 7) is 8.44. The maximum atomic E-state index is 12.6. The lowest BCUT2D eigenvalue weighted by atomic mass is 9.85. The van der Waals surface area contributed by atoms with Crippen LogP contribution in [0.1, 0.15) is 32.1 Å². The molecule has 0 aromatic carbocycles. The Balaban J connectivity index is 1.51. The maximum Gasteiger partial charge on any atom is 0.239 e. The third kappa shape index (κ3) is 2.91. The molecule has 112 valence electrons. The van der Waals surface area contributed by atoms with Gasteiger partial charge in [0.25, 0.3) is 0 Å². The number of amides is 1. The largest absolute Gasteiger partial charge is 0.339 e. The van der Waals surface area contributed by atoms with E-state index in [0.717, 1.165) is 45.1 Å². The molecule has 1 amide bonds. The number of fused-ring (bicyclic) bond motifs is 1. The van der Waals surface area contributed by atoms with Crippen molar-refractivity contribution in [1.29, 1.82) is 0 Å². The van der Waals surface area contributed by atoms with Crippen molar-refractivity contribution in [1.82, 2.24) is 15.1 Å². The summed E-state index contributed by atoms with van der Waals surface area (Å²) in [5.41, 5.74) is 0. The molecule has 0 radical (unpaired) electrons. The zero-order valence-electron chi connectivity index (χ0n) is 12.4. The van der Waals surface area contributed by atoms with Crippen molar-refractivity contribution >= 4 is 5.91 Å². The fourth-order valence-corrected chi connectivity index (χ4v) is 4.06. The van der Waals surface area contributed by atoms with Crippen LogP contribution in [0.2, 0.25) is 0 Å². The van der Waals surface area contributed by atoms with Gasteiger partial charge in [-0.05, 0) is 25.2 Å². The van der Waals surface area contributed by atoms with E-state index in [1.54, 1.807) is 0 Å². The zero-order valence-corrected chi connectivity index (χ0v) is 12.4. The fourth-order valence-electron chi connectivity index (χ4n) is 4.06. The van der Waals surface area contributed by atoms with Crippen LogP contribution in [0.3, 0.4) is 0 Å². The normalized spacial score (nSPS) is 34.8. The third-order valence-electron chi connectivity index (χ3n) is 5.23. The van der Waals surface area contributed by atoms with Crippen molar-refractivity contribution in [2.45, 2.75) is 44.2 Å². The number of piperazine rings is 1. The Hall–Kier alpha value is -0.870. The molecule has 1 N–H and O–H groups in total. The number of hydrogen-bond donors (Lipinski definition) is 1. The van der Waals surface area contributed by atoms with E-state index >= 15 is 0 Å². The quantitative estimate of drug-likeness (QED) is 0.788. The predicted octanol–water partition coefficient (Wildman–Crippen LogP) is 1.24. The lowest BCUT2D eigenvalue weighted by Crippen LogP contribution is -2.53. The first kappa shape index (κ1) is 14.1. The van der Waals surface area contributed by atoms with Crippen molar-refractivity contribution < 1.29 is 4.79 Å². The molecule has 3 fully saturated rings. The Kier molecular flexibility index (Phi) is 4.41. The van der Waals surface area contributed by atoms with Crippen LogP contribution in [0.15, 0.2) is 12.7 Å². The van der Waals surface area contributed by atoms with Gasteiger partial charge in [-0.2, -0.15) is 0 Å². The molecule has 3 atom stereocenters. The molecule has 1 aliphatic carbocycles. The van der Waals surface area contributed by atoms with Crippen molar-refractivity contribution in [3.05, 3.63) is 12.7 Å². The molecule has 0 spiro atoms. The van der Waals surface area contributed by atoms with Crippen molar-refractivity contribution in [3.63, 3.8) is 0 Å². The highest BCUT2D eigenvalue weighted by Gasteiger charge is 2.39. The molecule has 2 saturated heterocycles. The summed E-state index contributed by atoms with van der Waals surface area (Å²) in [6, 6.07) is 0.703. The standard InChI is InChI=1S/C16H27N3O/c1-2-7-18-8-10-19(11-9-18)16(20)15-12-13-5-3-4-6-14(13)17-15/h2,13-15,17H,1,3-12H2. The summed E-state index contributed by atoms with van der Waals surface area (Å²) in [6.07, 6.45) is 8.27. The summed E-state index contributed by atoms with van der Waals surface area (Å²) < 4.78 is 0. The molecule has 3 unspecified atom stereocenters. The topological polar surface area (TPSA) is 35.6 Å². The van der Waals surface area contributed by atoms with Gasteiger partial charge < -0.3 is 10.2 Å². The van der Waals surface area contributed by atoms with Crippen LogP contribution in [-0.4, -0.2) is 60.5 Å². The lowest BCUT2D eigenvalue weighted by molar-refractivity contribution is -0.134. The number of nitrogens with zero attached hydrogens (tertiary/aromatic N) is 2. The van der Waals surface area contributed by atoms with Gasteiger partial charge in [-0.1, -0.05) is 18.9 Å². The average molecular weight is 277 g/mol. The van der Waals surface area contributed by atoms with Crippen molar-refractivity contribution in [3.8, 4) is 0 Å². The van der Waals surface area contributed by atoms with Gasteiger partial charge in [0.05, 0.1) is 6.04 Å². The monoisotopic (exact) mass is 277 g/mol. The minimum atomic E-state index is 0.0917. The zero-order chi connectivity index (χ0) is 13.9. The first-order chi connectivity index (χ1) is 9.78. The van der Waals surface area contributed by atoms with Gasteiger partial charge in [0.15, 0.2) is 0 Å². The fraction of sp³-hybridized carbons (Fsp3) is 0.812. The van der Waals surface area contributed by atoms with Crippen molar-refractivity contribution in [2.75, 3.05) is 32.7 Å². The molecule has 0 aromatic heterocycles. The second kappa shape index (κ2) is 6.27. The van der Waals surface area contributed by atoms with E-state index in [0.29, 0.717) is 11.9 Å². The first-order valence-corrected chi connectivity index (χ1v) is 8.16. The highest BCUT2D eigenvalue weighted by Crippen LogP contribution is 2.33. The second-order valence-corrected chi connectivity index (χ2v) is 6.52. The molecule has 3 aliphatic rings. The number of carbonyl (C=O) groups is 1. The highest BCUT2D eigenvalue weighted by molar-refractivity contribution is 5.82. The van der Waals surface area contributed by atoms with E-state index in [1.165, 1.54) is 25.7 Å².